The third-order valence-electron chi connectivity index (χ3n) is 5.16. The summed E-state index contributed by atoms with van der Waals surface area (Å²) < 4.78 is 8.61. The number of fused-ring (bicyclic) bond motifs is 1. The SMILES string of the molecule is CCCCc1nnc(CO)n1Cc1ccc2c(-c3ccccc3C#N)oc(Br)c2c1. The van der Waals surface area contributed by atoms with Gasteiger partial charge in [0, 0.05) is 22.8 Å². The summed E-state index contributed by atoms with van der Waals surface area (Å²) in [5, 5.41) is 29.4. The maximum atomic E-state index is 9.66. The van der Waals surface area contributed by atoms with Crippen LogP contribution in [0.1, 0.15) is 42.5 Å². The molecule has 0 unspecified atom stereocenters. The Kier molecular flexibility index (Phi) is 5.98. The Morgan fingerprint density at radius 3 is 2.70 bits per heavy atom. The van der Waals surface area contributed by atoms with Crippen molar-refractivity contribution in [1.82, 2.24) is 14.8 Å². The molecule has 2 heterocycles. The summed E-state index contributed by atoms with van der Waals surface area (Å²) in [7, 11) is 0. The van der Waals surface area contributed by atoms with Crippen molar-refractivity contribution in [1.29, 1.82) is 5.26 Å². The second-order valence-electron chi connectivity index (χ2n) is 7.12. The van der Waals surface area contributed by atoms with Crippen LogP contribution in [0.3, 0.4) is 0 Å². The average Bonchev–Trinajstić information content (AvgIpc) is 3.32. The quantitative estimate of drug-likeness (QED) is 0.405. The summed E-state index contributed by atoms with van der Waals surface area (Å²) in [5.41, 5.74) is 2.39. The number of nitrogens with zero attached hydrogens (tertiary/aromatic N) is 4. The van der Waals surface area contributed by atoms with Crippen molar-refractivity contribution < 1.29 is 9.52 Å². The molecule has 7 heteroatoms. The van der Waals surface area contributed by atoms with E-state index in [1.165, 1.54) is 0 Å². The molecule has 0 radical (unpaired) electrons. The van der Waals surface area contributed by atoms with E-state index in [9.17, 15) is 10.4 Å². The molecule has 0 fully saturated rings. The third-order valence-corrected chi connectivity index (χ3v) is 5.75. The number of halogens is 1. The van der Waals surface area contributed by atoms with E-state index < -0.39 is 0 Å². The van der Waals surface area contributed by atoms with Crippen molar-refractivity contribution in [2.24, 2.45) is 0 Å². The summed E-state index contributed by atoms with van der Waals surface area (Å²) in [6.07, 6.45) is 2.93. The Labute approximate surface area is 182 Å². The van der Waals surface area contributed by atoms with Gasteiger partial charge in [0.05, 0.1) is 18.2 Å². The first kappa shape index (κ1) is 20.3. The Morgan fingerprint density at radius 2 is 1.93 bits per heavy atom. The monoisotopic (exact) mass is 464 g/mol. The van der Waals surface area contributed by atoms with Gasteiger partial charge in [-0.1, -0.05) is 37.6 Å². The van der Waals surface area contributed by atoms with Crippen molar-refractivity contribution in [3.63, 3.8) is 0 Å². The molecular formula is C23H21BrN4O2. The van der Waals surface area contributed by atoms with Crippen molar-refractivity contribution in [3.05, 3.63) is 69.9 Å². The Morgan fingerprint density at radius 1 is 1.13 bits per heavy atom. The number of benzene rings is 2. The minimum absolute atomic E-state index is 0.147. The van der Waals surface area contributed by atoms with E-state index >= 15 is 0 Å². The van der Waals surface area contributed by atoms with Crippen molar-refractivity contribution >= 4 is 26.7 Å². The number of aromatic nitrogens is 3. The number of aliphatic hydroxyl groups excluding tert-OH is 1. The van der Waals surface area contributed by atoms with E-state index in [4.69, 9.17) is 4.42 Å². The van der Waals surface area contributed by atoms with Crippen LogP contribution in [0.2, 0.25) is 0 Å². The Bertz CT molecular complexity index is 1240. The molecule has 0 amide bonds. The molecule has 4 aromatic rings. The standard InChI is InChI=1S/C23H21BrN4O2/c1-2-3-8-20-26-27-21(14-29)28(20)13-15-9-10-18-19(11-15)23(24)30-22(18)17-7-5-4-6-16(17)12-25/h4-7,9-11,29H,2-3,8,13-14H2,1H3. The maximum absolute atomic E-state index is 9.66. The summed E-state index contributed by atoms with van der Waals surface area (Å²) in [6.45, 7) is 2.56. The van der Waals surface area contributed by atoms with Crippen LogP contribution < -0.4 is 0 Å². The molecule has 4 rings (SSSR count). The predicted molar refractivity (Wildman–Crippen MR) is 118 cm³/mol. The van der Waals surface area contributed by atoms with Crippen molar-refractivity contribution in [2.45, 2.75) is 39.3 Å². The largest absolute Gasteiger partial charge is 0.448 e. The zero-order chi connectivity index (χ0) is 21.1. The molecule has 30 heavy (non-hydrogen) atoms. The number of aliphatic hydroxyl groups is 1. The van der Waals surface area contributed by atoms with Crippen LogP contribution in [0.4, 0.5) is 0 Å². The van der Waals surface area contributed by atoms with Gasteiger partial charge in [0.1, 0.15) is 18.2 Å². The molecule has 0 spiro atoms. The molecule has 0 saturated heterocycles. The molecule has 0 atom stereocenters. The number of furan rings is 1. The minimum Gasteiger partial charge on any atom is -0.448 e. The van der Waals surface area contributed by atoms with E-state index in [2.05, 4.69) is 45.2 Å². The second-order valence-corrected chi connectivity index (χ2v) is 7.84. The van der Waals surface area contributed by atoms with Crippen LogP contribution in [-0.2, 0) is 19.6 Å². The maximum Gasteiger partial charge on any atom is 0.177 e. The summed E-state index contributed by atoms with van der Waals surface area (Å²) in [4.78, 5) is 0. The van der Waals surface area contributed by atoms with Crippen molar-refractivity contribution in [2.75, 3.05) is 0 Å². The summed E-state index contributed by atoms with van der Waals surface area (Å²) in [5.74, 6) is 2.12. The first-order valence-electron chi connectivity index (χ1n) is 9.88. The van der Waals surface area contributed by atoms with Gasteiger partial charge in [0.15, 0.2) is 10.5 Å². The van der Waals surface area contributed by atoms with Crippen LogP contribution in [-0.4, -0.2) is 19.9 Å². The van der Waals surface area contributed by atoms with Crippen LogP contribution in [0.5, 0.6) is 0 Å². The molecular weight excluding hydrogens is 444 g/mol. The highest BCUT2D eigenvalue weighted by molar-refractivity contribution is 9.10. The van der Waals surface area contributed by atoms with Gasteiger partial charge in [-0.2, -0.15) is 5.26 Å². The number of rotatable bonds is 7. The highest BCUT2D eigenvalue weighted by atomic mass is 79.9. The van der Waals surface area contributed by atoms with Gasteiger partial charge >= 0.3 is 0 Å². The van der Waals surface area contributed by atoms with Crippen molar-refractivity contribution in [3.8, 4) is 17.4 Å². The number of hydrogen-bond donors (Lipinski definition) is 1. The molecule has 1 N–H and O–H groups in total. The van der Waals surface area contributed by atoms with Gasteiger partial charge < -0.3 is 14.1 Å². The number of aryl methyl sites for hydroxylation is 1. The highest BCUT2D eigenvalue weighted by Crippen LogP contribution is 2.38. The zero-order valence-corrected chi connectivity index (χ0v) is 18.2. The number of nitriles is 1. The van der Waals surface area contributed by atoms with Gasteiger partial charge in [-0.25, -0.2) is 0 Å². The summed E-state index contributed by atoms with van der Waals surface area (Å²) in [6, 6.07) is 15.7. The predicted octanol–water partition coefficient (Wildman–Crippen LogP) is 5.21. The fraction of sp³-hybridized carbons (Fsp3) is 0.261. The van der Waals surface area contributed by atoms with Crippen LogP contribution in [0.15, 0.2) is 51.6 Å². The smallest absolute Gasteiger partial charge is 0.177 e. The third kappa shape index (κ3) is 3.76. The van der Waals surface area contributed by atoms with Gasteiger partial charge in [0.25, 0.3) is 0 Å². The first-order chi connectivity index (χ1) is 14.7. The van der Waals surface area contributed by atoms with E-state index in [0.29, 0.717) is 28.4 Å². The lowest BCUT2D eigenvalue weighted by atomic mass is 10.0. The average molecular weight is 465 g/mol. The molecule has 0 saturated carbocycles. The van der Waals surface area contributed by atoms with Gasteiger partial charge in [-0.15, -0.1) is 10.2 Å². The van der Waals surface area contributed by atoms with E-state index in [1.807, 2.05) is 34.9 Å². The fourth-order valence-corrected chi connectivity index (χ4v) is 4.09. The zero-order valence-electron chi connectivity index (χ0n) is 16.6. The first-order valence-corrected chi connectivity index (χ1v) is 10.7. The lowest BCUT2D eigenvalue weighted by Gasteiger charge is -2.10. The molecule has 6 nitrogen and oxygen atoms in total. The lowest BCUT2D eigenvalue weighted by Crippen LogP contribution is -2.09. The van der Waals surface area contributed by atoms with Gasteiger partial charge in [0.2, 0.25) is 0 Å². The normalized spacial score (nSPS) is 11.1. The van der Waals surface area contributed by atoms with Crippen LogP contribution in [0, 0.1) is 11.3 Å². The Balaban J connectivity index is 1.74. The van der Waals surface area contributed by atoms with Gasteiger partial charge in [-0.05, 0) is 46.1 Å². The molecule has 0 aliphatic carbocycles. The highest BCUT2D eigenvalue weighted by Gasteiger charge is 2.17. The second kappa shape index (κ2) is 8.82. The number of hydrogen-bond acceptors (Lipinski definition) is 5. The lowest BCUT2D eigenvalue weighted by molar-refractivity contribution is 0.265. The van der Waals surface area contributed by atoms with E-state index in [-0.39, 0.29) is 6.61 Å². The Hall–Kier alpha value is -2.95. The molecule has 2 aromatic heterocycles. The van der Waals surface area contributed by atoms with Gasteiger partial charge in [-0.3, -0.25) is 0 Å². The number of unbranched alkanes of at least 4 members (excludes halogenated alkanes) is 1. The topological polar surface area (TPSA) is 87.9 Å². The van der Waals surface area contributed by atoms with E-state index in [1.54, 1.807) is 6.07 Å². The molecule has 0 bridgehead atoms. The summed E-state index contributed by atoms with van der Waals surface area (Å²) >= 11 is 3.53. The fourth-order valence-electron chi connectivity index (χ4n) is 3.60. The molecule has 0 aliphatic heterocycles. The van der Waals surface area contributed by atoms with Crippen LogP contribution in [0.25, 0.3) is 22.1 Å². The molecule has 0 aliphatic rings. The molecule has 152 valence electrons. The minimum atomic E-state index is -0.147. The molecule has 2 aromatic carbocycles. The van der Waals surface area contributed by atoms with Crippen LogP contribution >= 0.6 is 15.9 Å². The van der Waals surface area contributed by atoms with E-state index in [0.717, 1.165) is 47.0 Å².